The van der Waals surface area contributed by atoms with Crippen molar-refractivity contribution in [3.05, 3.63) is 29.8 Å². The fourth-order valence-corrected chi connectivity index (χ4v) is 1.70. The van der Waals surface area contributed by atoms with E-state index in [1.165, 1.54) is 12.1 Å². The van der Waals surface area contributed by atoms with Crippen LogP contribution in [0.25, 0.3) is 0 Å². The van der Waals surface area contributed by atoms with Crippen LogP contribution in [0.15, 0.2) is 24.3 Å². The van der Waals surface area contributed by atoms with Gasteiger partial charge in [0.15, 0.2) is 0 Å². The lowest BCUT2D eigenvalue weighted by molar-refractivity contribution is -0.152. The van der Waals surface area contributed by atoms with Crippen LogP contribution in [0.5, 0.6) is 0 Å². The summed E-state index contributed by atoms with van der Waals surface area (Å²) in [5.74, 6) is -1.76. The fourth-order valence-electron chi connectivity index (χ4n) is 1.70. The second-order valence-corrected chi connectivity index (χ2v) is 4.41. The first-order valence-electron chi connectivity index (χ1n) is 6.96. The molecule has 0 spiro atoms. The van der Waals surface area contributed by atoms with Gasteiger partial charge in [-0.2, -0.15) is 0 Å². The molecule has 0 radical (unpaired) electrons. The molecule has 0 bridgehead atoms. The van der Waals surface area contributed by atoms with E-state index in [1.807, 2.05) is 0 Å². The van der Waals surface area contributed by atoms with E-state index in [9.17, 15) is 14.4 Å². The minimum absolute atomic E-state index is 0.149. The molecule has 0 fully saturated rings. The number of nitrogens with two attached hydrogens (primary N) is 1. The van der Waals surface area contributed by atoms with Crippen LogP contribution in [-0.2, 0) is 19.1 Å². The zero-order valence-corrected chi connectivity index (χ0v) is 12.6. The number of nitrogen functional groups attached to an aromatic ring is 1. The van der Waals surface area contributed by atoms with Crippen molar-refractivity contribution in [3.8, 4) is 0 Å². The fraction of sp³-hybridized carbons (Fsp3) is 0.400. The number of benzene rings is 1. The Morgan fingerprint density at radius 3 is 2.23 bits per heavy atom. The number of carbonyl (C=O) groups excluding carboxylic acids is 3. The summed E-state index contributed by atoms with van der Waals surface area (Å²) < 4.78 is 9.65. The molecule has 7 heteroatoms. The average Bonchev–Trinajstić information content (AvgIpc) is 2.47. The predicted octanol–water partition coefficient (Wildman–Crippen LogP) is 0.883. The van der Waals surface area contributed by atoms with E-state index in [-0.39, 0.29) is 19.6 Å². The van der Waals surface area contributed by atoms with E-state index in [2.05, 4.69) is 5.32 Å². The second-order valence-electron chi connectivity index (χ2n) is 4.41. The molecule has 0 aliphatic heterocycles. The Morgan fingerprint density at radius 2 is 1.68 bits per heavy atom. The Bertz CT molecular complexity index is 527. The van der Waals surface area contributed by atoms with E-state index in [1.54, 1.807) is 26.0 Å². The monoisotopic (exact) mass is 308 g/mol. The van der Waals surface area contributed by atoms with E-state index in [0.29, 0.717) is 11.3 Å². The molecule has 1 aromatic rings. The molecule has 1 atom stereocenters. The Hall–Kier alpha value is -2.57. The van der Waals surface area contributed by atoms with Gasteiger partial charge >= 0.3 is 11.9 Å². The lowest BCUT2D eigenvalue weighted by atomic mass is 10.1. The molecule has 1 rings (SSSR count). The van der Waals surface area contributed by atoms with Crippen molar-refractivity contribution in [1.82, 2.24) is 5.32 Å². The molecule has 7 nitrogen and oxygen atoms in total. The third-order valence-electron chi connectivity index (χ3n) is 2.73. The molecule has 1 unspecified atom stereocenters. The number of esters is 2. The van der Waals surface area contributed by atoms with Crippen molar-refractivity contribution >= 4 is 23.5 Å². The van der Waals surface area contributed by atoms with Crippen LogP contribution in [0.2, 0.25) is 0 Å². The van der Waals surface area contributed by atoms with Crippen LogP contribution in [0.1, 0.15) is 30.6 Å². The van der Waals surface area contributed by atoms with Gasteiger partial charge in [-0.15, -0.1) is 0 Å². The Labute approximate surface area is 128 Å². The molecule has 120 valence electrons. The van der Waals surface area contributed by atoms with Gasteiger partial charge in [0, 0.05) is 11.3 Å². The van der Waals surface area contributed by atoms with Crippen molar-refractivity contribution in [1.29, 1.82) is 0 Å². The minimum atomic E-state index is -1.09. The molecule has 0 aromatic heterocycles. The van der Waals surface area contributed by atoms with Crippen molar-refractivity contribution < 1.29 is 23.9 Å². The highest BCUT2D eigenvalue weighted by atomic mass is 16.5. The van der Waals surface area contributed by atoms with Crippen LogP contribution in [0.4, 0.5) is 5.69 Å². The summed E-state index contributed by atoms with van der Waals surface area (Å²) in [4.78, 5) is 35.5. The highest BCUT2D eigenvalue weighted by Crippen LogP contribution is 2.07. The van der Waals surface area contributed by atoms with Crippen molar-refractivity contribution in [2.75, 3.05) is 18.9 Å². The molecule has 0 saturated carbocycles. The normalized spacial score (nSPS) is 11.4. The maximum Gasteiger partial charge on any atom is 0.329 e. The molecule has 0 aliphatic rings. The SMILES string of the molecule is CCOC(=O)CC(NC(=O)c1ccc(N)cc1)C(=O)OCC. The summed E-state index contributed by atoms with van der Waals surface area (Å²) in [6.07, 6.45) is -0.284. The van der Waals surface area contributed by atoms with E-state index >= 15 is 0 Å². The maximum atomic E-state index is 12.1. The molecule has 0 aliphatic carbocycles. The predicted molar refractivity (Wildman–Crippen MR) is 80.0 cm³/mol. The smallest absolute Gasteiger partial charge is 0.329 e. The number of rotatable bonds is 7. The van der Waals surface area contributed by atoms with Crippen LogP contribution in [-0.4, -0.2) is 37.1 Å². The molecular weight excluding hydrogens is 288 g/mol. The summed E-state index contributed by atoms with van der Waals surface area (Å²) >= 11 is 0. The van der Waals surface area contributed by atoms with E-state index < -0.39 is 23.9 Å². The Balaban J connectivity index is 2.78. The topological polar surface area (TPSA) is 108 Å². The van der Waals surface area contributed by atoms with Gasteiger partial charge in [-0.05, 0) is 38.1 Å². The number of hydrogen-bond acceptors (Lipinski definition) is 6. The molecule has 1 amide bonds. The van der Waals surface area contributed by atoms with Crippen LogP contribution < -0.4 is 11.1 Å². The van der Waals surface area contributed by atoms with Crippen LogP contribution in [0, 0.1) is 0 Å². The molecule has 22 heavy (non-hydrogen) atoms. The van der Waals surface area contributed by atoms with Crippen molar-refractivity contribution in [3.63, 3.8) is 0 Å². The number of carbonyl (C=O) groups is 3. The first-order chi connectivity index (χ1) is 10.5. The van der Waals surface area contributed by atoms with Gasteiger partial charge in [0.2, 0.25) is 0 Å². The zero-order chi connectivity index (χ0) is 16.5. The number of ether oxygens (including phenoxy) is 2. The van der Waals surface area contributed by atoms with Gasteiger partial charge in [0.1, 0.15) is 6.04 Å². The van der Waals surface area contributed by atoms with E-state index in [0.717, 1.165) is 0 Å². The number of hydrogen-bond donors (Lipinski definition) is 2. The maximum absolute atomic E-state index is 12.1. The average molecular weight is 308 g/mol. The molecule has 0 saturated heterocycles. The summed E-state index contributed by atoms with van der Waals surface area (Å²) in [6, 6.07) is 5.09. The lowest BCUT2D eigenvalue weighted by Gasteiger charge is -2.16. The first-order valence-corrected chi connectivity index (χ1v) is 6.96. The minimum Gasteiger partial charge on any atom is -0.466 e. The highest BCUT2D eigenvalue weighted by Gasteiger charge is 2.26. The van der Waals surface area contributed by atoms with Gasteiger partial charge in [-0.25, -0.2) is 4.79 Å². The molecule has 3 N–H and O–H groups in total. The number of amides is 1. The molecule has 1 aromatic carbocycles. The van der Waals surface area contributed by atoms with Gasteiger partial charge in [0.05, 0.1) is 19.6 Å². The largest absolute Gasteiger partial charge is 0.466 e. The summed E-state index contributed by atoms with van der Waals surface area (Å²) in [7, 11) is 0. The highest BCUT2D eigenvalue weighted by molar-refractivity contribution is 5.97. The Kier molecular flexibility index (Phi) is 6.88. The Morgan fingerprint density at radius 1 is 1.09 bits per heavy atom. The van der Waals surface area contributed by atoms with Crippen LogP contribution in [0.3, 0.4) is 0 Å². The van der Waals surface area contributed by atoms with Gasteiger partial charge in [-0.1, -0.05) is 0 Å². The van der Waals surface area contributed by atoms with Gasteiger partial charge in [0.25, 0.3) is 5.91 Å². The summed E-state index contributed by atoms with van der Waals surface area (Å²) in [5, 5.41) is 2.47. The quantitative estimate of drug-likeness (QED) is 0.572. The first kappa shape index (κ1) is 17.5. The number of nitrogens with one attached hydrogen (secondary N) is 1. The standard InChI is InChI=1S/C15H20N2O5/c1-3-21-13(18)9-12(15(20)22-4-2)17-14(19)10-5-7-11(16)8-6-10/h5-8,12H,3-4,9,16H2,1-2H3,(H,17,19). The number of anilines is 1. The molecule has 0 heterocycles. The third kappa shape index (κ3) is 5.43. The van der Waals surface area contributed by atoms with Crippen molar-refractivity contribution in [2.24, 2.45) is 0 Å². The van der Waals surface area contributed by atoms with Gasteiger partial charge in [-0.3, -0.25) is 9.59 Å². The van der Waals surface area contributed by atoms with E-state index in [4.69, 9.17) is 15.2 Å². The van der Waals surface area contributed by atoms with Crippen molar-refractivity contribution in [2.45, 2.75) is 26.3 Å². The molecular formula is C15H20N2O5. The lowest BCUT2D eigenvalue weighted by Crippen LogP contribution is -2.43. The summed E-state index contributed by atoms with van der Waals surface area (Å²) in [6.45, 7) is 3.64. The zero-order valence-electron chi connectivity index (χ0n) is 12.6. The van der Waals surface area contributed by atoms with Gasteiger partial charge < -0.3 is 20.5 Å². The van der Waals surface area contributed by atoms with Crippen LogP contribution >= 0.6 is 0 Å². The summed E-state index contributed by atoms with van der Waals surface area (Å²) in [5.41, 5.74) is 6.39. The second kappa shape index (κ2) is 8.66. The third-order valence-corrected chi connectivity index (χ3v) is 2.73.